The molecule has 0 aliphatic carbocycles. The molecule has 0 fully saturated rings. The average molecular weight is 285 g/mol. The molecule has 3 heteroatoms. The maximum Gasteiger partial charge on any atom is 0.305 e. The van der Waals surface area contributed by atoms with Crippen LogP contribution < -0.4 is 0 Å². The molecule has 0 saturated heterocycles. The number of hydrogen-bond acceptors (Lipinski definition) is 2. The third-order valence-electron chi connectivity index (χ3n) is 2.50. The smallest absolute Gasteiger partial charge is 0.305 e. The molecule has 1 atom stereocenters. The fraction of sp³-hybridized carbons (Fsp3) is 0.462. The molecule has 1 rings (SSSR count). The van der Waals surface area contributed by atoms with Crippen LogP contribution in [-0.2, 0) is 9.53 Å². The molecule has 0 aromatic heterocycles. The molecule has 0 bridgehead atoms. The predicted octanol–water partition coefficient (Wildman–Crippen LogP) is 3.90. The van der Waals surface area contributed by atoms with Crippen molar-refractivity contribution >= 4 is 21.9 Å². The van der Waals surface area contributed by atoms with Crippen molar-refractivity contribution in [2.45, 2.75) is 32.6 Å². The number of halogens is 1. The molecule has 0 radical (unpaired) electrons. The Balaban J connectivity index is 2.46. The fourth-order valence-corrected chi connectivity index (χ4v) is 1.96. The minimum atomic E-state index is -0.107. The Morgan fingerprint density at radius 1 is 1.50 bits per heavy atom. The molecule has 0 aliphatic heterocycles. The first-order valence-electron chi connectivity index (χ1n) is 5.54. The van der Waals surface area contributed by atoms with Gasteiger partial charge in [0.1, 0.15) is 0 Å². The van der Waals surface area contributed by atoms with Gasteiger partial charge in [-0.05, 0) is 37.0 Å². The van der Waals surface area contributed by atoms with Gasteiger partial charge in [-0.25, -0.2) is 0 Å². The summed E-state index contributed by atoms with van der Waals surface area (Å²) < 4.78 is 5.98. The van der Waals surface area contributed by atoms with E-state index in [1.54, 1.807) is 0 Å². The highest BCUT2D eigenvalue weighted by Gasteiger charge is 2.09. The molecule has 0 amide bonds. The monoisotopic (exact) mass is 284 g/mol. The normalized spacial score (nSPS) is 12.2. The summed E-state index contributed by atoms with van der Waals surface area (Å²) in [5.74, 6) is 0.270. The number of carbonyl (C=O) groups is 1. The van der Waals surface area contributed by atoms with E-state index in [1.165, 1.54) is 5.56 Å². The Kier molecular flexibility index (Phi) is 5.53. The average Bonchev–Trinajstić information content (AvgIpc) is 2.26. The van der Waals surface area contributed by atoms with Crippen molar-refractivity contribution in [3.05, 3.63) is 34.3 Å². The summed E-state index contributed by atoms with van der Waals surface area (Å²) in [6.45, 7) is 4.42. The summed E-state index contributed by atoms with van der Waals surface area (Å²) in [6, 6.07) is 8.19. The van der Waals surface area contributed by atoms with E-state index in [4.69, 9.17) is 4.74 Å². The van der Waals surface area contributed by atoms with Gasteiger partial charge in [0.05, 0.1) is 6.61 Å². The van der Waals surface area contributed by atoms with Crippen LogP contribution in [-0.4, -0.2) is 12.6 Å². The molecule has 88 valence electrons. The van der Waals surface area contributed by atoms with E-state index >= 15 is 0 Å². The van der Waals surface area contributed by atoms with Crippen LogP contribution >= 0.6 is 15.9 Å². The summed E-state index contributed by atoms with van der Waals surface area (Å²) in [4.78, 5) is 11.2. The molecule has 0 spiro atoms. The van der Waals surface area contributed by atoms with Crippen LogP contribution in [0.1, 0.15) is 38.2 Å². The third-order valence-corrected chi connectivity index (χ3v) is 3.00. The first kappa shape index (κ1) is 13.2. The molecule has 0 unspecified atom stereocenters. The second-order valence-corrected chi connectivity index (χ2v) is 4.72. The lowest BCUT2D eigenvalue weighted by molar-refractivity contribution is -0.143. The predicted molar refractivity (Wildman–Crippen MR) is 68.4 cm³/mol. The van der Waals surface area contributed by atoms with Crippen LogP contribution in [0.3, 0.4) is 0 Å². The van der Waals surface area contributed by atoms with Gasteiger partial charge in [0.15, 0.2) is 0 Å². The van der Waals surface area contributed by atoms with E-state index in [0.717, 1.165) is 10.9 Å². The number of esters is 1. The minimum Gasteiger partial charge on any atom is -0.466 e. The highest BCUT2D eigenvalue weighted by Crippen LogP contribution is 2.23. The van der Waals surface area contributed by atoms with Crippen LogP contribution in [0, 0.1) is 0 Å². The van der Waals surface area contributed by atoms with Gasteiger partial charge in [0, 0.05) is 10.9 Å². The molecule has 0 N–H and O–H groups in total. The van der Waals surface area contributed by atoms with Gasteiger partial charge in [-0.1, -0.05) is 35.0 Å². The molecule has 16 heavy (non-hydrogen) atoms. The zero-order valence-electron chi connectivity index (χ0n) is 9.70. The van der Waals surface area contributed by atoms with E-state index in [2.05, 4.69) is 35.0 Å². The van der Waals surface area contributed by atoms with Crippen molar-refractivity contribution in [2.24, 2.45) is 0 Å². The van der Waals surface area contributed by atoms with E-state index in [9.17, 15) is 4.79 Å². The number of rotatable bonds is 5. The van der Waals surface area contributed by atoms with Crippen LogP contribution in [0.15, 0.2) is 28.7 Å². The number of hydrogen-bond donors (Lipinski definition) is 0. The largest absolute Gasteiger partial charge is 0.466 e. The second-order valence-electron chi connectivity index (χ2n) is 3.80. The molecular formula is C13H17BrO2. The molecule has 0 aliphatic rings. The first-order chi connectivity index (χ1) is 7.63. The van der Waals surface area contributed by atoms with Crippen molar-refractivity contribution in [3.8, 4) is 0 Å². The number of ether oxygens (including phenoxy) is 1. The van der Waals surface area contributed by atoms with E-state index < -0.39 is 0 Å². The van der Waals surface area contributed by atoms with Gasteiger partial charge in [0.25, 0.3) is 0 Å². The Morgan fingerprint density at radius 2 is 2.25 bits per heavy atom. The van der Waals surface area contributed by atoms with E-state index in [1.807, 2.05) is 19.1 Å². The minimum absolute atomic E-state index is 0.107. The van der Waals surface area contributed by atoms with Gasteiger partial charge in [-0.2, -0.15) is 0 Å². The molecule has 2 nitrogen and oxygen atoms in total. The van der Waals surface area contributed by atoms with Crippen molar-refractivity contribution < 1.29 is 9.53 Å². The van der Waals surface area contributed by atoms with Gasteiger partial charge in [0.2, 0.25) is 0 Å². The van der Waals surface area contributed by atoms with Crippen LogP contribution in [0.4, 0.5) is 0 Å². The van der Waals surface area contributed by atoms with Crippen LogP contribution in [0.2, 0.25) is 0 Å². The summed E-state index contributed by atoms with van der Waals surface area (Å²) in [5.41, 5.74) is 1.25. The molecule has 0 heterocycles. The second kappa shape index (κ2) is 6.69. The molecular weight excluding hydrogens is 268 g/mol. The zero-order chi connectivity index (χ0) is 12.0. The summed E-state index contributed by atoms with van der Waals surface area (Å²) in [5, 5.41) is 0. The maximum absolute atomic E-state index is 11.2. The lowest BCUT2D eigenvalue weighted by Crippen LogP contribution is -2.05. The standard InChI is InChI=1S/C13H17BrO2/c1-3-16-13(15)8-7-10(2)11-5-4-6-12(14)9-11/h4-6,9-10H,3,7-8H2,1-2H3/t10-/m0/s1. The Morgan fingerprint density at radius 3 is 2.88 bits per heavy atom. The molecule has 1 aromatic carbocycles. The third kappa shape index (κ3) is 4.35. The van der Waals surface area contributed by atoms with Gasteiger partial charge < -0.3 is 4.74 Å². The van der Waals surface area contributed by atoms with Crippen LogP contribution in [0.25, 0.3) is 0 Å². The quantitative estimate of drug-likeness (QED) is 0.767. The first-order valence-corrected chi connectivity index (χ1v) is 6.34. The fourth-order valence-electron chi connectivity index (χ4n) is 1.55. The van der Waals surface area contributed by atoms with Gasteiger partial charge in [-0.3, -0.25) is 4.79 Å². The van der Waals surface area contributed by atoms with Gasteiger partial charge >= 0.3 is 5.97 Å². The van der Waals surface area contributed by atoms with Gasteiger partial charge in [-0.15, -0.1) is 0 Å². The zero-order valence-corrected chi connectivity index (χ0v) is 11.3. The summed E-state index contributed by atoms with van der Waals surface area (Å²) >= 11 is 3.44. The van der Waals surface area contributed by atoms with E-state index in [0.29, 0.717) is 18.9 Å². The lowest BCUT2D eigenvalue weighted by Gasteiger charge is -2.11. The SMILES string of the molecule is CCOC(=O)CC[C@H](C)c1cccc(Br)c1. The summed E-state index contributed by atoms with van der Waals surface area (Å²) in [7, 11) is 0. The number of benzene rings is 1. The lowest BCUT2D eigenvalue weighted by atomic mass is 9.96. The van der Waals surface area contributed by atoms with Crippen LogP contribution in [0.5, 0.6) is 0 Å². The molecule has 0 saturated carbocycles. The van der Waals surface area contributed by atoms with E-state index in [-0.39, 0.29) is 5.97 Å². The van der Waals surface area contributed by atoms with Crippen molar-refractivity contribution in [1.29, 1.82) is 0 Å². The maximum atomic E-state index is 11.2. The van der Waals surface area contributed by atoms with Crippen molar-refractivity contribution in [2.75, 3.05) is 6.61 Å². The summed E-state index contributed by atoms with van der Waals surface area (Å²) in [6.07, 6.45) is 1.32. The van der Waals surface area contributed by atoms with Crippen molar-refractivity contribution in [1.82, 2.24) is 0 Å². The highest BCUT2D eigenvalue weighted by molar-refractivity contribution is 9.10. The Bertz CT molecular complexity index is 350. The molecule has 1 aromatic rings. The number of carbonyl (C=O) groups excluding carboxylic acids is 1. The topological polar surface area (TPSA) is 26.3 Å². The Hall–Kier alpha value is -0.830. The highest BCUT2D eigenvalue weighted by atomic mass is 79.9. The Labute approximate surface area is 105 Å². The van der Waals surface area contributed by atoms with Crippen molar-refractivity contribution in [3.63, 3.8) is 0 Å².